The molecule has 0 radical (unpaired) electrons. The van der Waals surface area contributed by atoms with E-state index in [1.807, 2.05) is 6.07 Å². The molecular weight excluding hydrogens is 286 g/mol. The van der Waals surface area contributed by atoms with Gasteiger partial charge in [0.05, 0.1) is 6.61 Å². The summed E-state index contributed by atoms with van der Waals surface area (Å²) in [5.74, 6) is -0.767. The number of nitrogens with one attached hydrogen (secondary N) is 1. The Hall–Kier alpha value is -2.41. The number of rotatable bonds is 6. The number of imide groups is 1. The number of nitrogens with zero attached hydrogens (tertiary/aromatic N) is 2. The van der Waals surface area contributed by atoms with E-state index in [2.05, 4.69) is 5.32 Å². The van der Waals surface area contributed by atoms with Crippen molar-refractivity contribution >= 4 is 23.5 Å². The van der Waals surface area contributed by atoms with Gasteiger partial charge in [0.1, 0.15) is 12.6 Å². The summed E-state index contributed by atoms with van der Waals surface area (Å²) in [7, 11) is 1.53. The summed E-state index contributed by atoms with van der Waals surface area (Å²) in [6, 6.07) is 7.82. The van der Waals surface area contributed by atoms with E-state index in [0.29, 0.717) is 18.8 Å². The van der Waals surface area contributed by atoms with E-state index in [4.69, 9.17) is 4.74 Å². The Balaban J connectivity index is 2.06. The van der Waals surface area contributed by atoms with Gasteiger partial charge in [0, 0.05) is 19.3 Å². The van der Waals surface area contributed by atoms with E-state index in [0.717, 1.165) is 4.90 Å². The number of methoxy groups -OCH3 is 1. The zero-order chi connectivity index (χ0) is 16.1. The molecule has 1 aliphatic heterocycles. The van der Waals surface area contributed by atoms with Crippen molar-refractivity contribution in [2.45, 2.75) is 13.0 Å². The summed E-state index contributed by atoms with van der Waals surface area (Å²) in [6.07, 6.45) is 0. The van der Waals surface area contributed by atoms with Crippen LogP contribution >= 0.6 is 0 Å². The molecular formula is C15H19N3O4. The number of carbonyl (C=O) groups is 3. The maximum atomic E-state index is 12.4. The Morgan fingerprint density at radius 3 is 2.59 bits per heavy atom. The van der Waals surface area contributed by atoms with Gasteiger partial charge >= 0.3 is 6.03 Å². The van der Waals surface area contributed by atoms with E-state index in [9.17, 15) is 14.4 Å². The minimum atomic E-state index is -0.623. The lowest BCUT2D eigenvalue weighted by atomic mass is 10.2. The first-order chi connectivity index (χ1) is 10.6. The van der Waals surface area contributed by atoms with Crippen LogP contribution in [0.25, 0.3) is 0 Å². The first-order valence-corrected chi connectivity index (χ1v) is 7.01. The summed E-state index contributed by atoms with van der Waals surface area (Å²) >= 11 is 0. The maximum Gasteiger partial charge on any atom is 0.332 e. The number of hydrogen-bond donors (Lipinski definition) is 1. The largest absolute Gasteiger partial charge is 0.383 e. The third-order valence-corrected chi connectivity index (χ3v) is 3.41. The molecule has 0 unspecified atom stereocenters. The van der Waals surface area contributed by atoms with E-state index >= 15 is 0 Å². The molecule has 0 spiro atoms. The van der Waals surface area contributed by atoms with E-state index in [1.165, 1.54) is 12.0 Å². The van der Waals surface area contributed by atoms with Gasteiger partial charge in [-0.2, -0.15) is 0 Å². The van der Waals surface area contributed by atoms with Gasteiger partial charge in [-0.1, -0.05) is 18.2 Å². The summed E-state index contributed by atoms with van der Waals surface area (Å²) in [5, 5.41) is 2.59. The molecule has 7 nitrogen and oxygen atoms in total. The molecule has 0 aromatic heterocycles. The number of hydrogen-bond acceptors (Lipinski definition) is 4. The number of urea groups is 1. The second kappa shape index (κ2) is 7.04. The predicted molar refractivity (Wildman–Crippen MR) is 80.4 cm³/mol. The number of carbonyl (C=O) groups excluding carboxylic acids is 3. The molecule has 1 heterocycles. The van der Waals surface area contributed by atoms with Crippen molar-refractivity contribution in [3.63, 3.8) is 0 Å². The lowest BCUT2D eigenvalue weighted by Gasteiger charge is -2.19. The molecule has 22 heavy (non-hydrogen) atoms. The minimum absolute atomic E-state index is 0.283. The topological polar surface area (TPSA) is 79.0 Å². The Kier molecular flexibility index (Phi) is 5.11. The van der Waals surface area contributed by atoms with Gasteiger partial charge in [0.15, 0.2) is 0 Å². The van der Waals surface area contributed by atoms with Crippen molar-refractivity contribution in [3.8, 4) is 0 Å². The normalized spacial score (nSPS) is 18.0. The maximum absolute atomic E-state index is 12.4. The standard InChI is InChI=1S/C15H19N3O4/c1-11-14(20)17(10-13(19)16-8-9-22-2)15(21)18(11)12-6-4-3-5-7-12/h3-7,11H,8-10H2,1-2H3,(H,16,19)/t11-/m0/s1. The first kappa shape index (κ1) is 16.0. The van der Waals surface area contributed by atoms with Gasteiger partial charge < -0.3 is 10.1 Å². The molecule has 1 aliphatic rings. The summed E-state index contributed by atoms with van der Waals surface area (Å²) in [6.45, 7) is 2.08. The highest BCUT2D eigenvalue weighted by Crippen LogP contribution is 2.25. The van der Waals surface area contributed by atoms with Crippen LogP contribution in [0.15, 0.2) is 30.3 Å². The first-order valence-electron chi connectivity index (χ1n) is 7.01. The number of amides is 4. The van der Waals surface area contributed by atoms with Gasteiger partial charge in [-0.05, 0) is 19.1 Å². The fourth-order valence-electron chi connectivity index (χ4n) is 2.29. The third-order valence-electron chi connectivity index (χ3n) is 3.41. The summed E-state index contributed by atoms with van der Waals surface area (Å²) < 4.78 is 4.83. The molecule has 4 amide bonds. The minimum Gasteiger partial charge on any atom is -0.383 e. The highest BCUT2D eigenvalue weighted by atomic mass is 16.5. The fourth-order valence-corrected chi connectivity index (χ4v) is 2.29. The molecule has 1 fully saturated rings. The molecule has 1 saturated heterocycles. The van der Waals surface area contributed by atoms with Gasteiger partial charge in [-0.25, -0.2) is 4.79 Å². The van der Waals surface area contributed by atoms with Crippen molar-refractivity contribution in [1.29, 1.82) is 0 Å². The Morgan fingerprint density at radius 1 is 1.27 bits per heavy atom. The Morgan fingerprint density at radius 2 is 1.95 bits per heavy atom. The quantitative estimate of drug-likeness (QED) is 0.617. The predicted octanol–water partition coefficient (Wildman–Crippen LogP) is 0.606. The van der Waals surface area contributed by atoms with E-state index in [1.54, 1.807) is 31.2 Å². The molecule has 1 atom stereocenters. The highest BCUT2D eigenvalue weighted by molar-refractivity contribution is 6.15. The number of benzene rings is 1. The van der Waals surface area contributed by atoms with Crippen molar-refractivity contribution < 1.29 is 19.1 Å². The second-order valence-corrected chi connectivity index (χ2v) is 4.93. The number of anilines is 1. The molecule has 1 aromatic rings. The zero-order valence-corrected chi connectivity index (χ0v) is 12.6. The van der Waals surface area contributed by atoms with E-state index < -0.39 is 12.1 Å². The van der Waals surface area contributed by atoms with Crippen molar-refractivity contribution in [1.82, 2.24) is 10.2 Å². The Bertz CT molecular complexity index is 561. The second-order valence-electron chi connectivity index (χ2n) is 4.93. The average molecular weight is 305 g/mol. The third kappa shape index (κ3) is 3.25. The van der Waals surface area contributed by atoms with E-state index in [-0.39, 0.29) is 18.4 Å². The molecule has 0 bridgehead atoms. The monoisotopic (exact) mass is 305 g/mol. The average Bonchev–Trinajstić information content (AvgIpc) is 2.72. The molecule has 118 valence electrons. The lowest BCUT2D eigenvalue weighted by molar-refractivity contribution is -0.131. The van der Waals surface area contributed by atoms with Crippen LogP contribution in [0.4, 0.5) is 10.5 Å². The van der Waals surface area contributed by atoms with Gasteiger partial charge in [-0.15, -0.1) is 0 Å². The van der Waals surface area contributed by atoms with Crippen LogP contribution in [-0.2, 0) is 14.3 Å². The molecule has 1 aromatic carbocycles. The highest BCUT2D eigenvalue weighted by Gasteiger charge is 2.43. The number of para-hydroxylation sites is 1. The molecule has 7 heteroatoms. The SMILES string of the molecule is COCCNC(=O)CN1C(=O)[C@H](C)N(c2ccccc2)C1=O. The van der Waals surface area contributed by atoms with Crippen LogP contribution in [-0.4, -0.2) is 55.6 Å². The van der Waals surface area contributed by atoms with Crippen LogP contribution in [0.1, 0.15) is 6.92 Å². The van der Waals surface area contributed by atoms with Crippen LogP contribution < -0.4 is 10.2 Å². The summed E-state index contributed by atoms with van der Waals surface area (Å²) in [4.78, 5) is 38.8. The lowest BCUT2D eigenvalue weighted by Crippen LogP contribution is -2.42. The van der Waals surface area contributed by atoms with Crippen LogP contribution in [0.2, 0.25) is 0 Å². The van der Waals surface area contributed by atoms with Gasteiger partial charge in [0.2, 0.25) is 5.91 Å². The smallest absolute Gasteiger partial charge is 0.332 e. The van der Waals surface area contributed by atoms with Crippen molar-refractivity contribution in [2.24, 2.45) is 0 Å². The van der Waals surface area contributed by atoms with Crippen LogP contribution in [0.5, 0.6) is 0 Å². The van der Waals surface area contributed by atoms with Crippen molar-refractivity contribution in [3.05, 3.63) is 30.3 Å². The van der Waals surface area contributed by atoms with Crippen molar-refractivity contribution in [2.75, 3.05) is 31.7 Å². The molecule has 0 saturated carbocycles. The molecule has 2 rings (SSSR count). The fraction of sp³-hybridized carbons (Fsp3) is 0.400. The van der Waals surface area contributed by atoms with Gasteiger partial charge in [-0.3, -0.25) is 19.4 Å². The molecule has 1 N–H and O–H groups in total. The zero-order valence-electron chi connectivity index (χ0n) is 12.6. The van der Waals surface area contributed by atoms with Crippen LogP contribution in [0.3, 0.4) is 0 Å². The van der Waals surface area contributed by atoms with Crippen LogP contribution in [0, 0.1) is 0 Å². The summed E-state index contributed by atoms with van der Waals surface area (Å²) in [5.41, 5.74) is 0.635. The number of ether oxygens (including phenoxy) is 1. The Labute approximate surface area is 128 Å². The van der Waals surface area contributed by atoms with Gasteiger partial charge in [0.25, 0.3) is 5.91 Å². The molecule has 0 aliphatic carbocycles.